The first-order chi connectivity index (χ1) is 12.9. The number of ether oxygens (including phenoxy) is 1. The smallest absolute Gasteiger partial charge is 0.177 e. The van der Waals surface area contributed by atoms with Crippen LogP contribution in [0.25, 0.3) is 22.6 Å². The summed E-state index contributed by atoms with van der Waals surface area (Å²) >= 11 is 0. The zero-order valence-electron chi connectivity index (χ0n) is 15.2. The van der Waals surface area contributed by atoms with Crippen LogP contribution in [0.3, 0.4) is 0 Å². The summed E-state index contributed by atoms with van der Waals surface area (Å²) < 4.78 is 31.3. The molecule has 0 unspecified atom stereocenters. The van der Waals surface area contributed by atoms with Crippen LogP contribution in [-0.4, -0.2) is 47.4 Å². The molecule has 0 bridgehead atoms. The Morgan fingerprint density at radius 1 is 1.15 bits per heavy atom. The van der Waals surface area contributed by atoms with E-state index in [1.807, 2.05) is 25.3 Å². The molecule has 0 saturated carbocycles. The van der Waals surface area contributed by atoms with Crippen molar-refractivity contribution < 1.29 is 13.2 Å². The van der Waals surface area contributed by atoms with E-state index in [-0.39, 0.29) is 10.9 Å². The molecule has 0 N–H and O–H groups in total. The summed E-state index contributed by atoms with van der Waals surface area (Å²) in [6.07, 6.45) is 8.68. The molecule has 140 valence electrons. The molecule has 0 aliphatic carbocycles. The van der Waals surface area contributed by atoms with Gasteiger partial charge < -0.3 is 9.30 Å². The molecular formula is C19H20N4O3S. The number of rotatable bonds is 4. The minimum absolute atomic E-state index is 0.193. The normalized spacial score (nSPS) is 17.3. The molecule has 7 nitrogen and oxygen atoms in total. The van der Waals surface area contributed by atoms with Crippen molar-refractivity contribution in [1.82, 2.24) is 19.5 Å². The third-order valence-corrected chi connectivity index (χ3v) is 5.80. The van der Waals surface area contributed by atoms with Gasteiger partial charge in [-0.05, 0) is 37.1 Å². The summed E-state index contributed by atoms with van der Waals surface area (Å²) in [6, 6.07) is 5.63. The molecule has 27 heavy (non-hydrogen) atoms. The Balaban J connectivity index is 1.77. The van der Waals surface area contributed by atoms with Crippen molar-refractivity contribution in [1.29, 1.82) is 0 Å². The predicted octanol–water partition coefficient (Wildman–Crippen LogP) is 2.68. The second-order valence-corrected chi connectivity index (χ2v) is 8.74. The van der Waals surface area contributed by atoms with E-state index in [1.54, 1.807) is 18.5 Å². The van der Waals surface area contributed by atoms with Gasteiger partial charge in [0.05, 0.1) is 17.5 Å². The number of pyridine rings is 2. The van der Waals surface area contributed by atoms with Gasteiger partial charge >= 0.3 is 0 Å². The van der Waals surface area contributed by atoms with Gasteiger partial charge in [-0.25, -0.2) is 13.4 Å². The standard InChI is InChI=1S/C19H20N4O3S/c1-13-9-22-19(23(13)16-4-6-26-12-16)18-8-14(3-5-21-18)15-7-17(11-20-10-15)27(2,24)25/h3,5,7-11,16H,4,6,12H2,1-2H3/t16-/m1/s1. The largest absolute Gasteiger partial charge is 0.379 e. The lowest BCUT2D eigenvalue weighted by Gasteiger charge is -2.16. The van der Waals surface area contributed by atoms with Crippen molar-refractivity contribution in [3.05, 3.63) is 48.7 Å². The Bertz CT molecular complexity index is 1090. The molecule has 1 aliphatic heterocycles. The van der Waals surface area contributed by atoms with Crippen LogP contribution in [0.4, 0.5) is 0 Å². The number of hydrogen-bond donors (Lipinski definition) is 0. The average molecular weight is 384 g/mol. The first-order valence-corrected chi connectivity index (χ1v) is 10.6. The third kappa shape index (κ3) is 3.50. The Hall–Kier alpha value is -2.58. The summed E-state index contributed by atoms with van der Waals surface area (Å²) in [6.45, 7) is 3.45. The van der Waals surface area contributed by atoms with Gasteiger partial charge in [0.25, 0.3) is 0 Å². The van der Waals surface area contributed by atoms with Crippen LogP contribution < -0.4 is 0 Å². The van der Waals surface area contributed by atoms with E-state index >= 15 is 0 Å². The van der Waals surface area contributed by atoms with Gasteiger partial charge in [-0.1, -0.05) is 0 Å². The lowest BCUT2D eigenvalue weighted by molar-refractivity contribution is 0.186. The molecule has 1 fully saturated rings. The van der Waals surface area contributed by atoms with Crippen LogP contribution in [0.5, 0.6) is 0 Å². The number of imidazole rings is 1. The molecule has 3 aromatic rings. The average Bonchev–Trinajstić information content (AvgIpc) is 3.30. The second-order valence-electron chi connectivity index (χ2n) is 6.72. The Labute approximate surface area is 158 Å². The highest BCUT2D eigenvalue weighted by Crippen LogP contribution is 2.30. The highest BCUT2D eigenvalue weighted by atomic mass is 32.2. The molecule has 0 spiro atoms. The van der Waals surface area contributed by atoms with Crippen LogP contribution in [0.2, 0.25) is 0 Å². The summed E-state index contributed by atoms with van der Waals surface area (Å²) in [5, 5.41) is 0. The highest BCUT2D eigenvalue weighted by Gasteiger charge is 2.23. The van der Waals surface area contributed by atoms with Crippen molar-refractivity contribution in [3.63, 3.8) is 0 Å². The zero-order chi connectivity index (χ0) is 19.0. The number of sulfone groups is 1. The lowest BCUT2D eigenvalue weighted by atomic mass is 10.1. The second kappa shape index (κ2) is 6.86. The van der Waals surface area contributed by atoms with Gasteiger partial charge in [0.1, 0.15) is 5.69 Å². The molecule has 1 saturated heterocycles. The van der Waals surface area contributed by atoms with Crippen molar-refractivity contribution >= 4 is 9.84 Å². The zero-order valence-corrected chi connectivity index (χ0v) is 16.0. The molecule has 0 aromatic carbocycles. The van der Waals surface area contributed by atoms with E-state index in [0.717, 1.165) is 41.4 Å². The van der Waals surface area contributed by atoms with Gasteiger partial charge in [0.15, 0.2) is 15.7 Å². The maximum atomic E-state index is 11.8. The number of nitrogens with zero attached hydrogens (tertiary/aromatic N) is 4. The van der Waals surface area contributed by atoms with Gasteiger partial charge in [0, 0.05) is 48.9 Å². The summed E-state index contributed by atoms with van der Waals surface area (Å²) in [7, 11) is -3.32. The molecular weight excluding hydrogens is 364 g/mol. The monoisotopic (exact) mass is 384 g/mol. The summed E-state index contributed by atoms with van der Waals surface area (Å²) in [5.41, 5.74) is 3.36. The molecule has 0 amide bonds. The van der Waals surface area contributed by atoms with Gasteiger partial charge in [-0.2, -0.15) is 0 Å². The first kappa shape index (κ1) is 17.8. The van der Waals surface area contributed by atoms with E-state index in [4.69, 9.17) is 4.74 Å². The SMILES string of the molecule is Cc1cnc(-c2cc(-c3cncc(S(C)(=O)=O)c3)ccn2)n1[C@@H]1CCOC1. The fraction of sp³-hybridized carbons (Fsp3) is 0.316. The van der Waals surface area contributed by atoms with E-state index in [0.29, 0.717) is 6.61 Å². The Morgan fingerprint density at radius 3 is 2.74 bits per heavy atom. The van der Waals surface area contributed by atoms with Gasteiger partial charge in [0.2, 0.25) is 0 Å². The van der Waals surface area contributed by atoms with Crippen LogP contribution >= 0.6 is 0 Å². The van der Waals surface area contributed by atoms with Crippen LogP contribution in [-0.2, 0) is 14.6 Å². The highest BCUT2D eigenvalue weighted by molar-refractivity contribution is 7.90. The molecule has 4 rings (SSSR count). The lowest BCUT2D eigenvalue weighted by Crippen LogP contribution is -2.12. The maximum Gasteiger partial charge on any atom is 0.177 e. The Kier molecular flexibility index (Phi) is 4.53. The topological polar surface area (TPSA) is 87.0 Å². The number of aryl methyl sites for hydroxylation is 1. The maximum absolute atomic E-state index is 11.8. The molecule has 1 atom stereocenters. The predicted molar refractivity (Wildman–Crippen MR) is 101 cm³/mol. The molecule has 4 heterocycles. The van der Waals surface area contributed by atoms with E-state index in [1.165, 1.54) is 12.5 Å². The minimum Gasteiger partial charge on any atom is -0.379 e. The van der Waals surface area contributed by atoms with Crippen molar-refractivity contribution in [2.45, 2.75) is 24.3 Å². The van der Waals surface area contributed by atoms with Crippen molar-refractivity contribution in [3.8, 4) is 22.6 Å². The fourth-order valence-electron chi connectivity index (χ4n) is 3.33. The van der Waals surface area contributed by atoms with Crippen LogP contribution in [0.1, 0.15) is 18.2 Å². The molecule has 3 aromatic heterocycles. The van der Waals surface area contributed by atoms with Crippen LogP contribution in [0, 0.1) is 6.92 Å². The molecule has 8 heteroatoms. The summed E-state index contributed by atoms with van der Waals surface area (Å²) in [5.74, 6) is 0.789. The molecule has 0 radical (unpaired) electrons. The fourth-order valence-corrected chi connectivity index (χ4v) is 3.93. The minimum atomic E-state index is -3.32. The first-order valence-electron chi connectivity index (χ1n) is 8.67. The molecule has 1 aliphatic rings. The van der Waals surface area contributed by atoms with Gasteiger partial charge in [-0.15, -0.1) is 0 Å². The van der Waals surface area contributed by atoms with Gasteiger partial charge in [-0.3, -0.25) is 9.97 Å². The Morgan fingerprint density at radius 2 is 2.00 bits per heavy atom. The quantitative estimate of drug-likeness (QED) is 0.687. The summed E-state index contributed by atoms with van der Waals surface area (Å²) in [4.78, 5) is 13.3. The number of aromatic nitrogens is 4. The van der Waals surface area contributed by atoms with E-state index in [9.17, 15) is 8.42 Å². The third-order valence-electron chi connectivity index (χ3n) is 4.72. The van der Waals surface area contributed by atoms with E-state index < -0.39 is 9.84 Å². The number of hydrogen-bond acceptors (Lipinski definition) is 6. The van der Waals surface area contributed by atoms with Crippen LogP contribution in [0.15, 0.2) is 47.9 Å². The van der Waals surface area contributed by atoms with Crippen molar-refractivity contribution in [2.75, 3.05) is 19.5 Å². The van der Waals surface area contributed by atoms with Crippen molar-refractivity contribution in [2.24, 2.45) is 0 Å². The van der Waals surface area contributed by atoms with E-state index in [2.05, 4.69) is 19.5 Å².